The van der Waals surface area contributed by atoms with Gasteiger partial charge in [0, 0.05) is 12.6 Å². The van der Waals surface area contributed by atoms with E-state index in [4.69, 9.17) is 6.42 Å². The van der Waals surface area contributed by atoms with Crippen LogP contribution in [0, 0.1) is 12.5 Å². The van der Waals surface area contributed by atoms with Crippen LogP contribution in [0.4, 0.5) is 0 Å². The molecule has 0 aromatic carbocycles. The first kappa shape index (κ1) is 10.2. The molecule has 4 heteroatoms. The van der Waals surface area contributed by atoms with Crippen molar-refractivity contribution in [3.63, 3.8) is 0 Å². The van der Waals surface area contributed by atoms with Crippen molar-refractivity contribution in [1.82, 2.24) is 15.5 Å². The second-order valence-corrected chi connectivity index (χ2v) is 2.05. The first-order valence-corrected chi connectivity index (χ1v) is 3.48. The Balaban J connectivity index is 4.35. The summed E-state index contributed by atoms with van der Waals surface area (Å²) in [5.74, 6) is -1.30. The highest BCUT2D eigenvalue weighted by atomic mass is 16.4. The summed E-state index contributed by atoms with van der Waals surface area (Å²) >= 11 is 0. The third-order valence-corrected chi connectivity index (χ3v) is 1.56. The highest BCUT2D eigenvalue weighted by Crippen LogP contribution is 2.00. The van der Waals surface area contributed by atoms with Crippen LogP contribution in [0.1, 0.15) is 6.92 Å². The van der Waals surface area contributed by atoms with Crippen LogP contribution < -0.4 is 10.6 Å². The van der Waals surface area contributed by atoms with Crippen molar-refractivity contribution < 1.29 is 5.11 Å². The number of hydrogen-bond acceptors (Lipinski definition) is 4. The van der Waals surface area contributed by atoms with Crippen molar-refractivity contribution in [2.75, 3.05) is 20.6 Å². The van der Waals surface area contributed by atoms with Gasteiger partial charge in [0.1, 0.15) is 0 Å². The summed E-state index contributed by atoms with van der Waals surface area (Å²) in [4.78, 5) is 1.41. The van der Waals surface area contributed by atoms with E-state index in [1.165, 1.54) is 4.90 Å². The lowest BCUT2D eigenvalue weighted by molar-refractivity contribution is -0.120. The summed E-state index contributed by atoms with van der Waals surface area (Å²) in [6.07, 6.45) is 5.16. The molecular weight excluding hydrogens is 142 g/mol. The molecule has 0 spiro atoms. The third kappa shape index (κ3) is 2.09. The molecule has 0 atom stereocenters. The lowest BCUT2D eigenvalue weighted by Gasteiger charge is -2.35. The second-order valence-electron chi connectivity index (χ2n) is 2.05. The van der Waals surface area contributed by atoms with Crippen molar-refractivity contribution in [1.29, 1.82) is 0 Å². The normalized spacial score (nSPS) is 10.8. The van der Waals surface area contributed by atoms with E-state index in [1.54, 1.807) is 14.1 Å². The Morgan fingerprint density at radius 3 is 2.09 bits per heavy atom. The van der Waals surface area contributed by atoms with Crippen LogP contribution >= 0.6 is 0 Å². The van der Waals surface area contributed by atoms with E-state index >= 15 is 0 Å². The van der Waals surface area contributed by atoms with Gasteiger partial charge in [-0.1, -0.05) is 6.42 Å². The number of aliphatic hydroxyl groups is 1. The molecule has 0 aliphatic heterocycles. The molecule has 0 amide bonds. The molecule has 0 unspecified atom stereocenters. The van der Waals surface area contributed by atoms with Crippen molar-refractivity contribution in [2.45, 2.75) is 12.9 Å². The Morgan fingerprint density at radius 1 is 1.55 bits per heavy atom. The molecule has 4 nitrogen and oxygen atoms in total. The van der Waals surface area contributed by atoms with Crippen molar-refractivity contribution in [3.05, 3.63) is 0 Å². The Bertz CT molecular complexity index is 148. The molecule has 0 bridgehead atoms. The molecule has 0 rings (SSSR count). The molecule has 0 heterocycles. The van der Waals surface area contributed by atoms with Gasteiger partial charge >= 0.3 is 0 Å². The zero-order valence-corrected chi connectivity index (χ0v) is 7.18. The molecule has 0 saturated heterocycles. The molecule has 0 aliphatic carbocycles. The number of nitrogens with zero attached hydrogens (tertiary/aromatic N) is 1. The van der Waals surface area contributed by atoms with Gasteiger partial charge in [-0.3, -0.25) is 15.5 Å². The average Bonchev–Trinajstić information content (AvgIpc) is 2.06. The number of terminal acetylenes is 1. The van der Waals surface area contributed by atoms with Gasteiger partial charge in [0.15, 0.2) is 0 Å². The van der Waals surface area contributed by atoms with Crippen LogP contribution in [-0.2, 0) is 0 Å². The minimum atomic E-state index is -1.30. The largest absolute Gasteiger partial charge is 0.345 e. The van der Waals surface area contributed by atoms with E-state index in [0.717, 1.165) is 0 Å². The zero-order chi connectivity index (χ0) is 8.91. The first-order valence-electron chi connectivity index (χ1n) is 3.48. The standard InChI is InChI=1S/C7H15N3O/c1-5-10(6-2)7(11,8-3)9-4/h1,8-9,11H,6H2,2-4H3. The van der Waals surface area contributed by atoms with Crippen LogP contribution in [0.2, 0.25) is 0 Å². The molecule has 3 N–H and O–H groups in total. The van der Waals surface area contributed by atoms with Gasteiger partial charge in [0.2, 0.25) is 0 Å². The van der Waals surface area contributed by atoms with E-state index in [2.05, 4.69) is 16.7 Å². The summed E-state index contributed by atoms with van der Waals surface area (Å²) in [5, 5.41) is 15.0. The molecule has 64 valence electrons. The molecular formula is C7H15N3O. The maximum absolute atomic E-state index is 9.65. The Morgan fingerprint density at radius 2 is 2.00 bits per heavy atom. The van der Waals surface area contributed by atoms with E-state index < -0.39 is 5.97 Å². The summed E-state index contributed by atoms with van der Waals surface area (Å²) < 4.78 is 0. The quantitative estimate of drug-likeness (QED) is 0.277. The average molecular weight is 157 g/mol. The summed E-state index contributed by atoms with van der Waals surface area (Å²) in [6.45, 7) is 2.42. The van der Waals surface area contributed by atoms with Crippen molar-refractivity contribution in [2.24, 2.45) is 0 Å². The number of rotatable bonds is 4. The molecule has 0 radical (unpaired) electrons. The van der Waals surface area contributed by atoms with Gasteiger partial charge < -0.3 is 5.11 Å². The summed E-state index contributed by atoms with van der Waals surface area (Å²) in [7, 11) is 3.24. The van der Waals surface area contributed by atoms with Gasteiger partial charge in [-0.2, -0.15) is 0 Å². The first-order chi connectivity index (χ1) is 5.14. The fraction of sp³-hybridized carbons (Fsp3) is 0.714. The number of nitrogens with one attached hydrogen (secondary N) is 2. The molecule has 0 saturated carbocycles. The van der Waals surface area contributed by atoms with E-state index in [-0.39, 0.29) is 0 Å². The van der Waals surface area contributed by atoms with Gasteiger partial charge in [-0.05, 0) is 21.0 Å². The monoisotopic (exact) mass is 157 g/mol. The highest BCUT2D eigenvalue weighted by molar-refractivity contribution is 4.89. The smallest absolute Gasteiger partial charge is 0.263 e. The minimum absolute atomic E-state index is 0.564. The van der Waals surface area contributed by atoms with E-state index in [9.17, 15) is 5.11 Å². The molecule has 0 aliphatic rings. The lowest BCUT2D eigenvalue weighted by Crippen LogP contribution is -2.64. The molecule has 0 aromatic rings. The number of hydrogen-bond donors (Lipinski definition) is 3. The molecule has 0 aromatic heterocycles. The molecule has 0 fully saturated rings. The fourth-order valence-electron chi connectivity index (χ4n) is 0.808. The Hall–Kier alpha value is -0.760. The van der Waals surface area contributed by atoms with Crippen molar-refractivity contribution >= 4 is 0 Å². The highest BCUT2D eigenvalue weighted by Gasteiger charge is 2.27. The SMILES string of the molecule is C#CN(CC)C(O)(NC)NC. The maximum atomic E-state index is 9.65. The maximum Gasteiger partial charge on any atom is 0.263 e. The fourth-order valence-corrected chi connectivity index (χ4v) is 0.808. The van der Waals surface area contributed by atoms with Crippen LogP contribution in [0.25, 0.3) is 0 Å². The van der Waals surface area contributed by atoms with Crippen LogP contribution in [-0.4, -0.2) is 36.6 Å². The lowest BCUT2D eigenvalue weighted by atomic mass is 10.5. The Labute approximate surface area is 67.6 Å². The van der Waals surface area contributed by atoms with Crippen LogP contribution in [0.5, 0.6) is 0 Å². The van der Waals surface area contributed by atoms with Gasteiger partial charge in [-0.15, -0.1) is 0 Å². The third-order valence-electron chi connectivity index (χ3n) is 1.56. The van der Waals surface area contributed by atoms with E-state index in [0.29, 0.717) is 6.54 Å². The second kappa shape index (κ2) is 4.19. The zero-order valence-electron chi connectivity index (χ0n) is 7.18. The minimum Gasteiger partial charge on any atom is -0.345 e. The van der Waals surface area contributed by atoms with Crippen LogP contribution in [0.15, 0.2) is 0 Å². The van der Waals surface area contributed by atoms with E-state index in [1.807, 2.05) is 6.92 Å². The predicted molar refractivity (Wildman–Crippen MR) is 44.3 cm³/mol. The van der Waals surface area contributed by atoms with Gasteiger partial charge in [0.25, 0.3) is 5.97 Å². The predicted octanol–water partition coefficient (Wildman–Crippen LogP) is -1.06. The Kier molecular flexibility index (Phi) is 3.90. The summed E-state index contributed by atoms with van der Waals surface area (Å²) in [6, 6.07) is 2.35. The molecule has 11 heavy (non-hydrogen) atoms. The topological polar surface area (TPSA) is 47.5 Å². The van der Waals surface area contributed by atoms with Gasteiger partial charge in [0.05, 0.1) is 0 Å². The van der Waals surface area contributed by atoms with Crippen molar-refractivity contribution in [3.8, 4) is 12.5 Å². The summed E-state index contributed by atoms with van der Waals surface area (Å²) in [5.41, 5.74) is 0. The van der Waals surface area contributed by atoms with Gasteiger partial charge in [-0.25, -0.2) is 0 Å². The van der Waals surface area contributed by atoms with Crippen LogP contribution in [0.3, 0.4) is 0 Å².